The molecule has 0 unspecified atom stereocenters. The molecule has 0 saturated carbocycles. The van der Waals surface area contributed by atoms with E-state index in [2.05, 4.69) is 5.32 Å². The number of amides is 1. The van der Waals surface area contributed by atoms with Crippen LogP contribution in [0.3, 0.4) is 0 Å². The third kappa shape index (κ3) is 6.25. The quantitative estimate of drug-likeness (QED) is 0.748. The van der Waals surface area contributed by atoms with E-state index < -0.39 is 5.97 Å². The fourth-order valence-electron chi connectivity index (χ4n) is 1.45. The smallest absolute Gasteiger partial charge is 0.303 e. The zero-order valence-electron chi connectivity index (χ0n) is 9.99. The van der Waals surface area contributed by atoms with E-state index in [9.17, 15) is 9.59 Å². The number of rotatable bonds is 7. The van der Waals surface area contributed by atoms with Crippen molar-refractivity contribution in [3.63, 3.8) is 0 Å². The number of halogens is 1. The Bertz CT molecular complexity index is 403. The molecular weight excluding hydrogens is 254 g/mol. The Labute approximate surface area is 111 Å². The summed E-state index contributed by atoms with van der Waals surface area (Å²) in [5.41, 5.74) is 0.985. The molecule has 1 rings (SSSR count). The van der Waals surface area contributed by atoms with Crippen molar-refractivity contribution < 1.29 is 14.7 Å². The molecule has 0 bridgehead atoms. The largest absolute Gasteiger partial charge is 0.481 e. The summed E-state index contributed by atoms with van der Waals surface area (Å²) in [6.45, 7) is 0.467. The van der Waals surface area contributed by atoms with Crippen molar-refractivity contribution in [2.24, 2.45) is 0 Å². The van der Waals surface area contributed by atoms with Gasteiger partial charge >= 0.3 is 5.97 Å². The van der Waals surface area contributed by atoms with Crippen molar-refractivity contribution in [2.45, 2.75) is 32.2 Å². The average molecular weight is 270 g/mol. The van der Waals surface area contributed by atoms with Gasteiger partial charge in [0.2, 0.25) is 5.91 Å². The number of hydrogen-bond acceptors (Lipinski definition) is 2. The molecule has 1 amide bonds. The fraction of sp³-hybridized carbons (Fsp3) is 0.385. The van der Waals surface area contributed by atoms with Crippen molar-refractivity contribution >= 4 is 23.5 Å². The summed E-state index contributed by atoms with van der Waals surface area (Å²) in [6.07, 6.45) is 1.60. The Morgan fingerprint density at radius 1 is 1.11 bits per heavy atom. The lowest BCUT2D eigenvalue weighted by molar-refractivity contribution is -0.137. The van der Waals surface area contributed by atoms with Crippen LogP contribution in [0.15, 0.2) is 24.3 Å². The molecule has 0 radical (unpaired) electrons. The van der Waals surface area contributed by atoms with E-state index in [4.69, 9.17) is 16.7 Å². The second kappa shape index (κ2) is 7.71. The van der Waals surface area contributed by atoms with Crippen LogP contribution in [0.5, 0.6) is 0 Å². The Morgan fingerprint density at radius 3 is 2.33 bits per heavy atom. The Kier molecular flexibility index (Phi) is 6.22. The van der Waals surface area contributed by atoms with Gasteiger partial charge in [-0.1, -0.05) is 23.7 Å². The summed E-state index contributed by atoms with van der Waals surface area (Å²) in [5, 5.41) is 11.9. The van der Waals surface area contributed by atoms with Gasteiger partial charge in [0, 0.05) is 24.4 Å². The Balaban J connectivity index is 2.17. The maximum atomic E-state index is 11.4. The van der Waals surface area contributed by atoms with E-state index >= 15 is 0 Å². The first-order valence-corrected chi connectivity index (χ1v) is 6.18. The van der Waals surface area contributed by atoms with E-state index in [0.29, 0.717) is 30.8 Å². The lowest BCUT2D eigenvalue weighted by Gasteiger charge is -2.05. The van der Waals surface area contributed by atoms with Crippen molar-refractivity contribution in [3.8, 4) is 0 Å². The molecule has 5 heteroatoms. The normalized spacial score (nSPS) is 10.1. The average Bonchev–Trinajstić information content (AvgIpc) is 2.34. The van der Waals surface area contributed by atoms with Crippen LogP contribution in [0.4, 0.5) is 0 Å². The van der Waals surface area contributed by atoms with Gasteiger partial charge in [-0.05, 0) is 30.5 Å². The van der Waals surface area contributed by atoms with E-state index in [0.717, 1.165) is 5.56 Å². The van der Waals surface area contributed by atoms with Crippen molar-refractivity contribution in [1.29, 1.82) is 0 Å². The summed E-state index contributed by atoms with van der Waals surface area (Å²) in [4.78, 5) is 21.7. The standard InChI is InChI=1S/C13H16ClNO3/c14-11-7-5-10(6-8-11)9-15-12(16)3-1-2-4-13(17)18/h5-8H,1-4,9H2,(H,15,16)(H,17,18). The van der Waals surface area contributed by atoms with Gasteiger partial charge in [0.05, 0.1) is 0 Å². The van der Waals surface area contributed by atoms with Gasteiger partial charge in [0.1, 0.15) is 0 Å². The van der Waals surface area contributed by atoms with Crippen LogP contribution in [0.1, 0.15) is 31.2 Å². The van der Waals surface area contributed by atoms with Gasteiger partial charge in [0.15, 0.2) is 0 Å². The van der Waals surface area contributed by atoms with E-state index in [-0.39, 0.29) is 12.3 Å². The number of carbonyl (C=O) groups is 2. The zero-order chi connectivity index (χ0) is 13.4. The first-order chi connectivity index (χ1) is 8.58. The summed E-state index contributed by atoms with van der Waals surface area (Å²) >= 11 is 5.75. The predicted octanol–water partition coefficient (Wildman–Crippen LogP) is 2.60. The molecule has 0 saturated heterocycles. The number of aliphatic carboxylic acids is 1. The van der Waals surface area contributed by atoms with Crippen molar-refractivity contribution in [3.05, 3.63) is 34.9 Å². The molecule has 0 heterocycles. The summed E-state index contributed by atoms with van der Waals surface area (Å²) in [7, 11) is 0. The monoisotopic (exact) mass is 269 g/mol. The van der Waals surface area contributed by atoms with Crippen LogP contribution in [0.2, 0.25) is 5.02 Å². The maximum Gasteiger partial charge on any atom is 0.303 e. The molecule has 0 aliphatic rings. The molecule has 1 aromatic rings. The molecule has 0 aliphatic heterocycles. The van der Waals surface area contributed by atoms with Crippen LogP contribution in [0.25, 0.3) is 0 Å². The first kappa shape index (κ1) is 14.5. The second-order valence-corrected chi connectivity index (χ2v) is 4.44. The number of carboxylic acids is 1. The Morgan fingerprint density at radius 2 is 1.72 bits per heavy atom. The highest BCUT2D eigenvalue weighted by Crippen LogP contribution is 2.09. The molecule has 0 atom stereocenters. The predicted molar refractivity (Wildman–Crippen MR) is 69.4 cm³/mol. The van der Waals surface area contributed by atoms with Gasteiger partial charge in [0.25, 0.3) is 0 Å². The maximum absolute atomic E-state index is 11.4. The minimum absolute atomic E-state index is 0.0599. The molecule has 1 aromatic carbocycles. The highest BCUT2D eigenvalue weighted by atomic mass is 35.5. The SMILES string of the molecule is O=C(O)CCCCC(=O)NCc1ccc(Cl)cc1. The fourth-order valence-corrected chi connectivity index (χ4v) is 1.58. The molecule has 0 spiro atoms. The number of benzene rings is 1. The highest BCUT2D eigenvalue weighted by molar-refractivity contribution is 6.30. The molecule has 0 aliphatic carbocycles. The summed E-state index contributed by atoms with van der Waals surface area (Å²) in [5.74, 6) is -0.882. The minimum Gasteiger partial charge on any atom is -0.481 e. The van der Waals surface area contributed by atoms with Crippen LogP contribution in [0, 0.1) is 0 Å². The summed E-state index contributed by atoms with van der Waals surface area (Å²) < 4.78 is 0. The number of nitrogens with one attached hydrogen (secondary N) is 1. The first-order valence-electron chi connectivity index (χ1n) is 5.81. The topological polar surface area (TPSA) is 66.4 Å². The van der Waals surface area contributed by atoms with Crippen molar-refractivity contribution in [1.82, 2.24) is 5.32 Å². The van der Waals surface area contributed by atoms with E-state index in [1.165, 1.54) is 0 Å². The zero-order valence-corrected chi connectivity index (χ0v) is 10.7. The van der Waals surface area contributed by atoms with Crippen LogP contribution in [-0.2, 0) is 16.1 Å². The third-order valence-electron chi connectivity index (χ3n) is 2.45. The van der Waals surface area contributed by atoms with Gasteiger partial charge in [-0.3, -0.25) is 9.59 Å². The van der Waals surface area contributed by atoms with Gasteiger partial charge in [-0.25, -0.2) is 0 Å². The van der Waals surface area contributed by atoms with E-state index in [1.54, 1.807) is 12.1 Å². The molecule has 98 valence electrons. The van der Waals surface area contributed by atoms with Crippen LogP contribution in [-0.4, -0.2) is 17.0 Å². The molecule has 4 nitrogen and oxygen atoms in total. The van der Waals surface area contributed by atoms with Crippen LogP contribution < -0.4 is 5.32 Å². The summed E-state index contributed by atoms with van der Waals surface area (Å²) in [6, 6.07) is 7.26. The van der Waals surface area contributed by atoms with Gasteiger partial charge in [-0.2, -0.15) is 0 Å². The lowest BCUT2D eigenvalue weighted by atomic mass is 10.2. The van der Waals surface area contributed by atoms with Gasteiger partial charge in [-0.15, -0.1) is 0 Å². The third-order valence-corrected chi connectivity index (χ3v) is 2.70. The Hall–Kier alpha value is -1.55. The number of unbranched alkanes of at least 4 members (excludes halogenated alkanes) is 1. The number of carbonyl (C=O) groups excluding carboxylic acids is 1. The molecular formula is C13H16ClNO3. The molecule has 0 aromatic heterocycles. The molecule has 0 fully saturated rings. The lowest BCUT2D eigenvalue weighted by Crippen LogP contribution is -2.22. The number of hydrogen-bond donors (Lipinski definition) is 2. The molecule has 18 heavy (non-hydrogen) atoms. The highest BCUT2D eigenvalue weighted by Gasteiger charge is 2.03. The number of carboxylic acid groups (broad SMARTS) is 1. The van der Waals surface area contributed by atoms with Crippen molar-refractivity contribution in [2.75, 3.05) is 0 Å². The molecule has 2 N–H and O–H groups in total. The second-order valence-electron chi connectivity index (χ2n) is 4.00. The van der Waals surface area contributed by atoms with E-state index in [1.807, 2.05) is 12.1 Å². The minimum atomic E-state index is -0.823. The van der Waals surface area contributed by atoms with Crippen LogP contribution >= 0.6 is 11.6 Å². The van der Waals surface area contributed by atoms with Gasteiger partial charge < -0.3 is 10.4 Å².